The summed E-state index contributed by atoms with van der Waals surface area (Å²) in [6, 6.07) is 13.2. The van der Waals surface area contributed by atoms with Crippen LogP contribution in [0.5, 0.6) is 5.75 Å². The Morgan fingerprint density at radius 2 is 1.86 bits per heavy atom. The molecule has 0 aliphatic rings. The summed E-state index contributed by atoms with van der Waals surface area (Å²) in [6.45, 7) is 3.97. The largest absolute Gasteiger partial charge is 0.508 e. The number of aryl methyl sites for hydroxylation is 2. The third-order valence-corrected chi connectivity index (χ3v) is 3.52. The van der Waals surface area contributed by atoms with Crippen LogP contribution in [0, 0.1) is 13.8 Å². The summed E-state index contributed by atoms with van der Waals surface area (Å²) in [5.41, 5.74) is 4.15. The van der Waals surface area contributed by atoms with Crippen molar-refractivity contribution in [1.29, 1.82) is 0 Å². The molecule has 1 aromatic heterocycles. The van der Waals surface area contributed by atoms with Crippen molar-refractivity contribution in [2.24, 2.45) is 0 Å². The third-order valence-electron chi connectivity index (χ3n) is 3.52. The van der Waals surface area contributed by atoms with Gasteiger partial charge in [-0.25, -0.2) is 0 Å². The molecule has 2 aromatic carbocycles. The van der Waals surface area contributed by atoms with Crippen LogP contribution in [0.15, 0.2) is 47.0 Å². The summed E-state index contributed by atoms with van der Waals surface area (Å²) in [5, 5.41) is 13.5. The van der Waals surface area contributed by atoms with Crippen LogP contribution in [-0.4, -0.2) is 15.2 Å². The zero-order valence-corrected chi connectivity index (χ0v) is 12.0. The Hall–Kier alpha value is -2.62. The van der Waals surface area contributed by atoms with Gasteiger partial charge in [0.15, 0.2) is 5.82 Å². The van der Waals surface area contributed by atoms with Crippen molar-refractivity contribution >= 4 is 0 Å². The van der Waals surface area contributed by atoms with Gasteiger partial charge < -0.3 is 9.63 Å². The van der Waals surface area contributed by atoms with E-state index >= 15 is 0 Å². The number of benzene rings is 2. The minimum Gasteiger partial charge on any atom is -0.508 e. The zero-order valence-electron chi connectivity index (χ0n) is 12.0. The van der Waals surface area contributed by atoms with Gasteiger partial charge in [0.1, 0.15) is 5.75 Å². The molecule has 3 aromatic rings. The lowest BCUT2D eigenvalue weighted by Gasteiger charge is -2.01. The average Bonchev–Trinajstić information content (AvgIpc) is 2.90. The van der Waals surface area contributed by atoms with Crippen molar-refractivity contribution in [3.8, 4) is 17.2 Å². The molecule has 0 radical (unpaired) electrons. The van der Waals surface area contributed by atoms with Crippen molar-refractivity contribution in [2.75, 3.05) is 0 Å². The van der Waals surface area contributed by atoms with Gasteiger partial charge in [-0.3, -0.25) is 0 Å². The van der Waals surface area contributed by atoms with E-state index in [1.54, 1.807) is 18.2 Å². The highest BCUT2D eigenvalue weighted by Gasteiger charge is 2.12. The van der Waals surface area contributed by atoms with Gasteiger partial charge in [-0.1, -0.05) is 29.4 Å². The van der Waals surface area contributed by atoms with E-state index in [2.05, 4.69) is 29.2 Å². The van der Waals surface area contributed by atoms with Crippen LogP contribution in [0.2, 0.25) is 0 Å². The lowest BCUT2D eigenvalue weighted by atomic mass is 10.1. The predicted molar refractivity (Wildman–Crippen MR) is 80.1 cm³/mol. The molecule has 0 spiro atoms. The quantitative estimate of drug-likeness (QED) is 0.795. The second-order valence-electron chi connectivity index (χ2n) is 5.12. The van der Waals surface area contributed by atoms with E-state index in [0.29, 0.717) is 18.1 Å². The van der Waals surface area contributed by atoms with E-state index in [9.17, 15) is 5.11 Å². The van der Waals surface area contributed by atoms with Gasteiger partial charge in [-0.2, -0.15) is 4.98 Å². The molecule has 106 valence electrons. The lowest BCUT2D eigenvalue weighted by molar-refractivity contribution is 0.423. The number of rotatable bonds is 3. The number of hydrogen-bond acceptors (Lipinski definition) is 4. The molecule has 0 aliphatic carbocycles. The van der Waals surface area contributed by atoms with Crippen LogP contribution in [0.1, 0.15) is 22.5 Å². The number of nitrogens with zero attached hydrogens (tertiary/aromatic N) is 2. The number of aromatic hydroxyl groups is 1. The number of aromatic nitrogens is 2. The second-order valence-corrected chi connectivity index (χ2v) is 5.12. The Morgan fingerprint density at radius 1 is 1.05 bits per heavy atom. The standard InChI is InChI=1S/C17H16N2O2/c1-11-5-3-4-6-13(11)10-16-18-17(21-19-16)15-8-7-14(20)9-12(15)2/h3-9,20H,10H2,1-2H3. The maximum absolute atomic E-state index is 9.45. The first kappa shape index (κ1) is 13.4. The highest BCUT2D eigenvalue weighted by Crippen LogP contribution is 2.25. The van der Waals surface area contributed by atoms with Crippen LogP contribution in [0.25, 0.3) is 11.5 Å². The van der Waals surface area contributed by atoms with Crippen LogP contribution in [0.4, 0.5) is 0 Å². The van der Waals surface area contributed by atoms with Crippen molar-refractivity contribution in [2.45, 2.75) is 20.3 Å². The molecule has 0 amide bonds. The molecule has 0 fully saturated rings. The van der Waals surface area contributed by atoms with Gasteiger partial charge in [0, 0.05) is 12.0 Å². The van der Waals surface area contributed by atoms with E-state index in [1.165, 1.54) is 11.1 Å². The van der Waals surface area contributed by atoms with Crippen molar-refractivity contribution in [1.82, 2.24) is 10.1 Å². The average molecular weight is 280 g/mol. The Morgan fingerprint density at radius 3 is 2.62 bits per heavy atom. The van der Waals surface area contributed by atoms with Crippen LogP contribution in [-0.2, 0) is 6.42 Å². The summed E-state index contributed by atoms with van der Waals surface area (Å²) in [4.78, 5) is 4.45. The maximum Gasteiger partial charge on any atom is 0.258 e. The highest BCUT2D eigenvalue weighted by atomic mass is 16.5. The summed E-state index contributed by atoms with van der Waals surface area (Å²) in [6.07, 6.45) is 0.646. The lowest BCUT2D eigenvalue weighted by Crippen LogP contribution is -1.93. The molecular weight excluding hydrogens is 264 g/mol. The molecule has 0 saturated heterocycles. The van der Waals surface area contributed by atoms with Crippen LogP contribution in [0.3, 0.4) is 0 Å². The minimum atomic E-state index is 0.232. The topological polar surface area (TPSA) is 59.2 Å². The molecule has 21 heavy (non-hydrogen) atoms. The summed E-state index contributed by atoms with van der Waals surface area (Å²) < 4.78 is 5.34. The van der Waals surface area contributed by atoms with Crippen LogP contribution >= 0.6 is 0 Å². The van der Waals surface area contributed by atoms with E-state index in [-0.39, 0.29) is 5.75 Å². The summed E-state index contributed by atoms with van der Waals surface area (Å²) >= 11 is 0. The van der Waals surface area contributed by atoms with Gasteiger partial charge in [-0.05, 0) is 48.7 Å². The minimum absolute atomic E-state index is 0.232. The molecule has 0 atom stereocenters. The Kier molecular flexibility index (Phi) is 3.44. The molecule has 0 unspecified atom stereocenters. The van der Waals surface area contributed by atoms with Crippen molar-refractivity contribution in [3.63, 3.8) is 0 Å². The Bertz CT molecular complexity index is 778. The normalized spacial score (nSPS) is 10.8. The van der Waals surface area contributed by atoms with Gasteiger partial charge in [0.05, 0.1) is 0 Å². The smallest absolute Gasteiger partial charge is 0.258 e. The Labute approximate surface area is 123 Å². The molecule has 0 bridgehead atoms. The predicted octanol–water partition coefficient (Wildman–Crippen LogP) is 3.65. The molecule has 4 nitrogen and oxygen atoms in total. The third kappa shape index (κ3) is 2.79. The van der Waals surface area contributed by atoms with Gasteiger partial charge in [0.25, 0.3) is 5.89 Å². The Balaban J connectivity index is 1.88. The monoisotopic (exact) mass is 280 g/mol. The SMILES string of the molecule is Cc1ccccc1Cc1noc(-c2ccc(O)cc2C)n1. The zero-order chi connectivity index (χ0) is 14.8. The first-order valence-electron chi connectivity index (χ1n) is 6.80. The van der Waals surface area contributed by atoms with E-state index in [4.69, 9.17) is 4.52 Å². The second kappa shape index (κ2) is 5.40. The van der Waals surface area contributed by atoms with Crippen LogP contribution < -0.4 is 0 Å². The summed E-state index contributed by atoms with van der Waals surface area (Å²) in [7, 11) is 0. The van der Waals surface area contributed by atoms with E-state index < -0.39 is 0 Å². The maximum atomic E-state index is 9.45. The fraction of sp³-hybridized carbons (Fsp3) is 0.176. The van der Waals surface area contributed by atoms with E-state index in [1.807, 2.05) is 19.1 Å². The van der Waals surface area contributed by atoms with Gasteiger partial charge in [-0.15, -0.1) is 0 Å². The molecule has 3 rings (SSSR count). The fourth-order valence-corrected chi connectivity index (χ4v) is 2.30. The van der Waals surface area contributed by atoms with Gasteiger partial charge >= 0.3 is 0 Å². The molecule has 1 heterocycles. The van der Waals surface area contributed by atoms with Crippen molar-refractivity contribution < 1.29 is 9.63 Å². The molecular formula is C17H16N2O2. The molecule has 0 aliphatic heterocycles. The molecule has 4 heteroatoms. The number of phenolic OH excluding ortho intramolecular Hbond substituents is 1. The molecule has 1 N–H and O–H groups in total. The highest BCUT2D eigenvalue weighted by molar-refractivity contribution is 5.59. The summed E-state index contributed by atoms with van der Waals surface area (Å²) in [5.74, 6) is 1.37. The fourth-order valence-electron chi connectivity index (χ4n) is 2.30. The van der Waals surface area contributed by atoms with Crippen molar-refractivity contribution in [3.05, 3.63) is 65.0 Å². The first-order valence-corrected chi connectivity index (χ1v) is 6.80. The number of phenols is 1. The van der Waals surface area contributed by atoms with Gasteiger partial charge in [0.2, 0.25) is 0 Å². The number of hydrogen-bond donors (Lipinski definition) is 1. The van der Waals surface area contributed by atoms with E-state index in [0.717, 1.165) is 11.1 Å². The molecule has 0 saturated carbocycles. The first-order chi connectivity index (χ1) is 10.1.